The van der Waals surface area contributed by atoms with E-state index in [1.165, 1.54) is 6.07 Å². The Morgan fingerprint density at radius 1 is 0.875 bits per heavy atom. The molecule has 0 fully saturated rings. The first-order valence-corrected chi connectivity index (χ1v) is 14.1. The summed E-state index contributed by atoms with van der Waals surface area (Å²) in [7, 11) is 0. The number of para-hydroxylation sites is 2. The summed E-state index contributed by atoms with van der Waals surface area (Å²) in [5, 5.41) is 3.40. The van der Waals surface area contributed by atoms with E-state index in [0.717, 1.165) is 48.2 Å². The minimum absolute atomic E-state index is 0.0421. The van der Waals surface area contributed by atoms with Gasteiger partial charge in [0.25, 0.3) is 0 Å². The van der Waals surface area contributed by atoms with Crippen LogP contribution in [0, 0.1) is 5.82 Å². The maximum absolute atomic E-state index is 14.4. The molecule has 204 valence electrons. The van der Waals surface area contributed by atoms with Crippen molar-refractivity contribution in [2.45, 2.75) is 44.8 Å². The fourth-order valence-corrected chi connectivity index (χ4v) is 5.83. The van der Waals surface area contributed by atoms with Crippen LogP contribution in [0.3, 0.4) is 0 Å². The number of carbonyl (C=O) groups excluding carboxylic acids is 1. The van der Waals surface area contributed by atoms with Crippen molar-refractivity contribution in [1.82, 2.24) is 0 Å². The molecule has 0 saturated heterocycles. The second-order valence-corrected chi connectivity index (χ2v) is 10.4. The van der Waals surface area contributed by atoms with Crippen molar-refractivity contribution in [3.8, 4) is 11.5 Å². The van der Waals surface area contributed by atoms with Crippen molar-refractivity contribution in [3.05, 3.63) is 119 Å². The van der Waals surface area contributed by atoms with E-state index in [4.69, 9.17) is 9.47 Å². The lowest BCUT2D eigenvalue weighted by molar-refractivity contribution is 0.0224. The number of esters is 1. The van der Waals surface area contributed by atoms with Crippen LogP contribution in [0.4, 0.5) is 15.8 Å². The van der Waals surface area contributed by atoms with E-state index in [2.05, 4.69) is 30.1 Å². The first kappa shape index (κ1) is 25.9. The zero-order valence-corrected chi connectivity index (χ0v) is 22.8. The van der Waals surface area contributed by atoms with Crippen molar-refractivity contribution in [2.75, 3.05) is 23.3 Å². The van der Waals surface area contributed by atoms with Crippen LogP contribution in [0.2, 0.25) is 0 Å². The second-order valence-electron chi connectivity index (χ2n) is 10.4. The third kappa shape index (κ3) is 4.37. The molecule has 1 N–H and O–H groups in total. The first-order chi connectivity index (χ1) is 19.5. The van der Waals surface area contributed by atoms with E-state index >= 15 is 0 Å². The zero-order valence-electron chi connectivity index (χ0n) is 22.8. The molecule has 2 atom stereocenters. The number of fused-ring (bicyclic) bond motifs is 6. The molecule has 40 heavy (non-hydrogen) atoms. The largest absolute Gasteiger partial charge is 0.456 e. The van der Waals surface area contributed by atoms with Crippen LogP contribution in [-0.2, 0) is 10.3 Å². The van der Waals surface area contributed by atoms with Gasteiger partial charge in [0.1, 0.15) is 17.3 Å². The maximum atomic E-state index is 14.4. The van der Waals surface area contributed by atoms with Gasteiger partial charge in [-0.1, -0.05) is 68.8 Å². The number of halogens is 1. The van der Waals surface area contributed by atoms with Gasteiger partial charge in [-0.15, -0.1) is 0 Å². The van der Waals surface area contributed by atoms with E-state index in [1.54, 1.807) is 12.1 Å². The number of hydrogen-bond acceptors (Lipinski definition) is 5. The molecule has 0 aromatic heterocycles. The summed E-state index contributed by atoms with van der Waals surface area (Å²) in [4.78, 5) is 15.4. The topological polar surface area (TPSA) is 50.8 Å². The molecule has 4 aromatic carbocycles. The lowest BCUT2D eigenvalue weighted by Gasteiger charge is -2.37. The molecular weight excluding hydrogens is 503 g/mol. The van der Waals surface area contributed by atoms with Crippen molar-refractivity contribution in [2.24, 2.45) is 0 Å². The predicted molar refractivity (Wildman–Crippen MR) is 156 cm³/mol. The Morgan fingerprint density at radius 2 is 1.60 bits per heavy atom. The van der Waals surface area contributed by atoms with E-state index in [9.17, 15) is 9.18 Å². The second kappa shape index (κ2) is 10.7. The molecule has 0 aliphatic carbocycles. The van der Waals surface area contributed by atoms with Gasteiger partial charge in [-0.25, -0.2) is 9.18 Å². The van der Waals surface area contributed by atoms with Crippen molar-refractivity contribution < 1.29 is 18.7 Å². The highest BCUT2D eigenvalue weighted by molar-refractivity contribution is 5.97. The number of hydrogen-bond donors (Lipinski definition) is 1. The van der Waals surface area contributed by atoms with Crippen LogP contribution in [0.15, 0.2) is 91.0 Å². The molecule has 5 nitrogen and oxygen atoms in total. The number of unbranched alkanes of at least 4 members (excludes halogenated alkanes) is 1. The molecule has 0 saturated carbocycles. The molecule has 0 bridgehead atoms. The summed E-state index contributed by atoms with van der Waals surface area (Å²) >= 11 is 0. The normalized spacial score (nSPS) is 17.3. The lowest BCUT2D eigenvalue weighted by atomic mass is 9.77. The number of ether oxygens (including phenoxy) is 2. The van der Waals surface area contributed by atoms with E-state index in [0.29, 0.717) is 29.3 Å². The Kier molecular flexibility index (Phi) is 6.93. The van der Waals surface area contributed by atoms with Gasteiger partial charge in [-0.3, -0.25) is 0 Å². The molecule has 2 aliphatic heterocycles. The Hall–Kier alpha value is -4.32. The summed E-state index contributed by atoms with van der Waals surface area (Å²) in [6, 6.07) is 28.3. The number of benzene rings is 4. The molecular formula is C34H33FN2O3. The van der Waals surface area contributed by atoms with Gasteiger partial charge >= 0.3 is 5.97 Å². The van der Waals surface area contributed by atoms with Crippen LogP contribution < -0.4 is 15.0 Å². The zero-order chi connectivity index (χ0) is 27.7. The van der Waals surface area contributed by atoms with Crippen molar-refractivity contribution in [3.63, 3.8) is 0 Å². The monoisotopic (exact) mass is 536 g/mol. The molecule has 6 heteroatoms. The number of carbonyl (C=O) groups is 1. The fourth-order valence-electron chi connectivity index (χ4n) is 5.83. The predicted octanol–water partition coefficient (Wildman–Crippen LogP) is 7.89. The summed E-state index contributed by atoms with van der Waals surface area (Å²) in [5.41, 5.74) is 3.48. The number of anilines is 2. The van der Waals surface area contributed by atoms with Gasteiger partial charge in [-0.05, 0) is 49.2 Å². The maximum Gasteiger partial charge on any atom is 0.340 e. The van der Waals surface area contributed by atoms with Gasteiger partial charge in [0.15, 0.2) is 5.60 Å². The quantitative estimate of drug-likeness (QED) is 0.221. The molecule has 2 unspecified atom stereocenters. The summed E-state index contributed by atoms with van der Waals surface area (Å²) < 4.78 is 27.1. The van der Waals surface area contributed by atoms with Gasteiger partial charge < -0.3 is 19.7 Å². The van der Waals surface area contributed by atoms with Crippen LogP contribution >= 0.6 is 0 Å². The molecule has 4 aromatic rings. The van der Waals surface area contributed by atoms with Gasteiger partial charge in [0.05, 0.1) is 11.3 Å². The molecule has 2 aliphatic rings. The SMILES string of the molecule is CCCCN(CC(CC)Nc1ccccc1F)c1ccc2c(c1)Oc1ccccc1C21OC(=O)c2ccccc21. The number of nitrogens with one attached hydrogen (secondary N) is 1. The number of rotatable bonds is 9. The molecule has 1 spiro atoms. The highest BCUT2D eigenvalue weighted by atomic mass is 19.1. The fraction of sp³-hybridized carbons (Fsp3) is 0.265. The summed E-state index contributed by atoms with van der Waals surface area (Å²) in [6.07, 6.45) is 2.91. The van der Waals surface area contributed by atoms with Crippen molar-refractivity contribution in [1.29, 1.82) is 0 Å². The van der Waals surface area contributed by atoms with E-state index in [-0.39, 0.29) is 17.8 Å². The Morgan fingerprint density at radius 3 is 2.40 bits per heavy atom. The van der Waals surface area contributed by atoms with Gasteiger partial charge in [0, 0.05) is 47.6 Å². The third-order valence-electron chi connectivity index (χ3n) is 7.92. The van der Waals surface area contributed by atoms with Crippen LogP contribution in [0.25, 0.3) is 0 Å². The lowest BCUT2D eigenvalue weighted by Crippen LogP contribution is -2.38. The molecule has 0 radical (unpaired) electrons. The van der Waals surface area contributed by atoms with E-state index in [1.807, 2.05) is 66.7 Å². The van der Waals surface area contributed by atoms with Crippen LogP contribution in [0.1, 0.15) is 60.2 Å². The first-order valence-electron chi connectivity index (χ1n) is 14.1. The van der Waals surface area contributed by atoms with Crippen molar-refractivity contribution >= 4 is 17.3 Å². The Labute approximate surface area is 234 Å². The van der Waals surface area contributed by atoms with Crippen LogP contribution in [0.5, 0.6) is 11.5 Å². The van der Waals surface area contributed by atoms with Crippen LogP contribution in [-0.4, -0.2) is 25.1 Å². The smallest absolute Gasteiger partial charge is 0.340 e. The summed E-state index contributed by atoms with van der Waals surface area (Å²) in [6.45, 7) is 5.84. The third-order valence-corrected chi connectivity index (χ3v) is 7.92. The minimum atomic E-state index is -1.07. The highest BCUT2D eigenvalue weighted by Crippen LogP contribution is 2.56. The van der Waals surface area contributed by atoms with E-state index < -0.39 is 5.60 Å². The highest BCUT2D eigenvalue weighted by Gasteiger charge is 2.53. The molecule has 0 amide bonds. The standard InChI is InChI=1S/C34H33FN2O3/c1-3-5-20-37(22-23(4-2)36-30-16-10-9-15-29(30)35)24-18-19-28-32(21-24)39-31-17-11-8-14-27(31)34(28)26-13-7-6-12-25(26)33(38)40-34/h6-19,21,23,36H,3-5,20,22H2,1-2H3. The average Bonchev–Trinajstić information content (AvgIpc) is 3.28. The Balaban J connectivity index is 1.39. The molecule has 2 heterocycles. The summed E-state index contributed by atoms with van der Waals surface area (Å²) in [5.74, 6) is 0.747. The Bertz CT molecular complexity index is 1550. The van der Waals surface area contributed by atoms with Gasteiger partial charge in [0.2, 0.25) is 0 Å². The minimum Gasteiger partial charge on any atom is -0.456 e. The average molecular weight is 537 g/mol. The number of nitrogens with zero attached hydrogens (tertiary/aromatic N) is 1. The van der Waals surface area contributed by atoms with Gasteiger partial charge in [-0.2, -0.15) is 0 Å². The molecule has 6 rings (SSSR count).